The summed E-state index contributed by atoms with van der Waals surface area (Å²) in [7, 11) is 0. The van der Waals surface area contributed by atoms with Crippen molar-refractivity contribution < 1.29 is 9.90 Å². The van der Waals surface area contributed by atoms with Gasteiger partial charge in [0.05, 0.1) is 0 Å². The van der Waals surface area contributed by atoms with E-state index in [1.807, 2.05) is 0 Å². The van der Waals surface area contributed by atoms with Crippen LogP contribution in [0.3, 0.4) is 0 Å². The molecule has 0 aromatic carbocycles. The zero-order valence-corrected chi connectivity index (χ0v) is 13.2. The first-order valence-corrected chi connectivity index (χ1v) is 9.05. The lowest BCUT2D eigenvalue weighted by atomic mass is 9.48. The number of unbranched alkanes of at least 4 members (excludes halogenated alkanes) is 3. The Labute approximate surface area is 128 Å². The molecule has 0 aliphatic heterocycles. The SMILES string of the molecule is NC(CCCCCCC12CC3CC(CC(C3)C1)C2)C(=O)O. The van der Waals surface area contributed by atoms with Crippen LogP contribution in [-0.2, 0) is 4.79 Å². The molecule has 0 aromatic rings. The standard InChI is InChI=1S/C18H31NO2/c19-16(17(20)21)5-3-1-2-4-6-18-10-13-7-14(11-18)9-15(8-13)12-18/h13-16H,1-12,19H2,(H,20,21). The fourth-order valence-electron chi connectivity index (χ4n) is 5.94. The minimum absolute atomic E-state index is 0.632. The van der Waals surface area contributed by atoms with Crippen molar-refractivity contribution in [1.82, 2.24) is 0 Å². The Morgan fingerprint density at radius 2 is 1.52 bits per heavy atom. The molecule has 4 rings (SSSR count). The van der Waals surface area contributed by atoms with Gasteiger partial charge in [0.2, 0.25) is 0 Å². The van der Waals surface area contributed by atoms with E-state index >= 15 is 0 Å². The molecule has 3 heteroatoms. The Bertz CT molecular complexity index is 344. The van der Waals surface area contributed by atoms with Gasteiger partial charge >= 0.3 is 5.97 Å². The van der Waals surface area contributed by atoms with E-state index in [1.165, 1.54) is 57.8 Å². The van der Waals surface area contributed by atoms with Crippen LogP contribution in [0.2, 0.25) is 0 Å². The summed E-state index contributed by atoms with van der Waals surface area (Å²) in [6.45, 7) is 0. The van der Waals surface area contributed by atoms with Gasteiger partial charge in [0.1, 0.15) is 6.04 Å². The molecule has 0 radical (unpaired) electrons. The van der Waals surface area contributed by atoms with Crippen LogP contribution < -0.4 is 5.73 Å². The van der Waals surface area contributed by atoms with Crippen molar-refractivity contribution in [3.63, 3.8) is 0 Å². The van der Waals surface area contributed by atoms with E-state index in [1.54, 1.807) is 0 Å². The summed E-state index contributed by atoms with van der Waals surface area (Å²) < 4.78 is 0. The van der Waals surface area contributed by atoms with Crippen molar-refractivity contribution in [2.45, 2.75) is 83.1 Å². The highest BCUT2D eigenvalue weighted by molar-refractivity contribution is 5.72. The summed E-state index contributed by atoms with van der Waals surface area (Å²) in [4.78, 5) is 10.7. The third-order valence-electron chi connectivity index (χ3n) is 6.45. The van der Waals surface area contributed by atoms with Crippen LogP contribution in [0.4, 0.5) is 0 Å². The Hall–Kier alpha value is -0.570. The first kappa shape index (κ1) is 15.3. The quantitative estimate of drug-likeness (QED) is 0.666. The molecule has 4 aliphatic carbocycles. The van der Waals surface area contributed by atoms with Gasteiger partial charge in [0, 0.05) is 0 Å². The van der Waals surface area contributed by atoms with E-state index in [-0.39, 0.29) is 0 Å². The van der Waals surface area contributed by atoms with Crippen LogP contribution in [0, 0.1) is 23.2 Å². The molecule has 0 heterocycles. The van der Waals surface area contributed by atoms with Crippen LogP contribution in [0.25, 0.3) is 0 Å². The maximum Gasteiger partial charge on any atom is 0.320 e. The largest absolute Gasteiger partial charge is 0.480 e. The van der Waals surface area contributed by atoms with Crippen molar-refractivity contribution in [1.29, 1.82) is 0 Å². The molecule has 4 fully saturated rings. The number of hydrogen-bond donors (Lipinski definition) is 2. The van der Waals surface area contributed by atoms with Crippen molar-refractivity contribution >= 4 is 5.97 Å². The number of carboxylic acids is 1. The molecular weight excluding hydrogens is 262 g/mol. The molecule has 0 aromatic heterocycles. The van der Waals surface area contributed by atoms with E-state index in [2.05, 4.69) is 0 Å². The summed E-state index contributed by atoms with van der Waals surface area (Å²) >= 11 is 0. The minimum Gasteiger partial charge on any atom is -0.480 e. The second-order valence-electron chi connectivity index (χ2n) is 8.32. The normalized spacial score (nSPS) is 38.6. The van der Waals surface area contributed by atoms with Gasteiger partial charge in [-0.2, -0.15) is 0 Å². The van der Waals surface area contributed by atoms with E-state index in [0.717, 1.165) is 30.6 Å². The number of aliphatic carboxylic acids is 1. The zero-order valence-electron chi connectivity index (χ0n) is 13.2. The summed E-state index contributed by atoms with van der Waals surface area (Å²) in [5.41, 5.74) is 6.25. The van der Waals surface area contributed by atoms with Gasteiger partial charge in [-0.1, -0.05) is 25.7 Å². The third-order valence-corrected chi connectivity index (χ3v) is 6.45. The van der Waals surface area contributed by atoms with Gasteiger partial charge in [-0.15, -0.1) is 0 Å². The second-order valence-corrected chi connectivity index (χ2v) is 8.32. The third kappa shape index (κ3) is 3.61. The first-order valence-electron chi connectivity index (χ1n) is 9.05. The maximum atomic E-state index is 10.7. The lowest BCUT2D eigenvalue weighted by molar-refractivity contribution is -0.138. The number of carboxylic acid groups (broad SMARTS) is 1. The van der Waals surface area contributed by atoms with E-state index in [4.69, 9.17) is 10.8 Å². The molecule has 0 amide bonds. The summed E-state index contributed by atoms with van der Waals surface area (Å²) in [6.07, 6.45) is 15.9. The first-order chi connectivity index (χ1) is 10.1. The van der Waals surface area contributed by atoms with E-state index < -0.39 is 12.0 Å². The molecule has 3 nitrogen and oxygen atoms in total. The fraction of sp³-hybridized carbons (Fsp3) is 0.944. The molecular formula is C18H31NO2. The maximum absolute atomic E-state index is 10.7. The Balaban J connectivity index is 1.34. The average Bonchev–Trinajstić information content (AvgIpc) is 2.40. The molecule has 0 spiro atoms. The molecule has 120 valence electrons. The summed E-state index contributed by atoms with van der Waals surface area (Å²) in [6, 6.07) is -0.659. The van der Waals surface area contributed by atoms with Crippen molar-refractivity contribution in [3.05, 3.63) is 0 Å². The smallest absolute Gasteiger partial charge is 0.320 e. The molecule has 3 N–H and O–H groups in total. The average molecular weight is 293 g/mol. The van der Waals surface area contributed by atoms with Gasteiger partial charge in [-0.3, -0.25) is 4.79 Å². The topological polar surface area (TPSA) is 63.3 Å². The predicted molar refractivity (Wildman–Crippen MR) is 83.9 cm³/mol. The molecule has 4 bridgehead atoms. The van der Waals surface area contributed by atoms with Gasteiger partial charge in [0.25, 0.3) is 0 Å². The predicted octanol–water partition coefficient (Wildman–Crippen LogP) is 3.96. The Morgan fingerprint density at radius 3 is 2.05 bits per heavy atom. The Kier molecular flexibility index (Phi) is 4.58. The molecule has 4 aliphatic rings. The van der Waals surface area contributed by atoms with Gasteiger partial charge in [-0.25, -0.2) is 0 Å². The number of carbonyl (C=O) groups is 1. The van der Waals surface area contributed by atoms with Crippen molar-refractivity contribution in [2.24, 2.45) is 28.9 Å². The highest BCUT2D eigenvalue weighted by Crippen LogP contribution is 2.61. The summed E-state index contributed by atoms with van der Waals surface area (Å²) in [5, 5.41) is 8.76. The highest BCUT2D eigenvalue weighted by atomic mass is 16.4. The molecule has 1 unspecified atom stereocenters. The van der Waals surface area contributed by atoms with Gasteiger partial charge in [-0.05, 0) is 74.5 Å². The number of hydrogen-bond acceptors (Lipinski definition) is 2. The lowest BCUT2D eigenvalue weighted by Crippen LogP contribution is -2.45. The minimum atomic E-state index is -0.858. The van der Waals surface area contributed by atoms with Crippen LogP contribution in [0.1, 0.15) is 77.0 Å². The monoisotopic (exact) mass is 293 g/mol. The van der Waals surface area contributed by atoms with Gasteiger partial charge in [0.15, 0.2) is 0 Å². The van der Waals surface area contributed by atoms with Crippen molar-refractivity contribution in [2.75, 3.05) is 0 Å². The van der Waals surface area contributed by atoms with Crippen LogP contribution in [-0.4, -0.2) is 17.1 Å². The van der Waals surface area contributed by atoms with Gasteiger partial charge < -0.3 is 10.8 Å². The Morgan fingerprint density at radius 1 is 1.00 bits per heavy atom. The van der Waals surface area contributed by atoms with Crippen molar-refractivity contribution in [3.8, 4) is 0 Å². The van der Waals surface area contributed by atoms with E-state index in [9.17, 15) is 4.79 Å². The van der Waals surface area contributed by atoms with Crippen LogP contribution >= 0.6 is 0 Å². The zero-order chi connectivity index (χ0) is 14.9. The molecule has 0 saturated heterocycles. The van der Waals surface area contributed by atoms with E-state index in [0.29, 0.717) is 11.8 Å². The summed E-state index contributed by atoms with van der Waals surface area (Å²) in [5.74, 6) is 2.32. The fourth-order valence-corrected chi connectivity index (χ4v) is 5.94. The number of nitrogens with two attached hydrogens (primary N) is 1. The second kappa shape index (κ2) is 6.28. The molecule has 4 saturated carbocycles. The molecule has 1 atom stereocenters. The number of rotatable bonds is 8. The van der Waals surface area contributed by atoms with Crippen LogP contribution in [0.15, 0.2) is 0 Å². The highest BCUT2D eigenvalue weighted by Gasteiger charge is 2.50. The lowest BCUT2D eigenvalue weighted by Gasteiger charge is -2.57. The molecule has 21 heavy (non-hydrogen) atoms. The van der Waals surface area contributed by atoms with Crippen LogP contribution in [0.5, 0.6) is 0 Å².